The molecule has 61 valence electrons. The molecule has 0 aliphatic rings. The number of fused-ring (bicyclic) bond motifs is 1. The zero-order chi connectivity index (χ0) is 8.72. The zero-order valence-electron chi connectivity index (χ0n) is 6.10. The number of hydrogen-bond acceptors (Lipinski definition) is 1. The topological polar surface area (TPSA) is 0 Å². The van der Waals surface area contributed by atoms with Crippen molar-refractivity contribution in [3.05, 3.63) is 38.3 Å². The molecule has 0 fully saturated rings. The Balaban J connectivity index is 2.99. The molecule has 0 saturated heterocycles. The maximum absolute atomic E-state index is 3.98. The van der Waals surface area contributed by atoms with Gasteiger partial charge in [0.25, 0.3) is 0 Å². The first-order chi connectivity index (χ1) is 5.70. The number of halogens is 2. The quantitative estimate of drug-likeness (QED) is 0.667. The van der Waals surface area contributed by atoms with Crippen LogP contribution in [0.2, 0.25) is 0 Å². The predicted octanol–water partition coefficient (Wildman–Crippen LogP) is 4.61. The second-order valence-electron chi connectivity index (χ2n) is 2.46. The molecule has 0 atom stereocenters. The van der Waals surface area contributed by atoms with E-state index in [4.69, 9.17) is 0 Å². The van der Waals surface area contributed by atoms with Crippen LogP contribution in [0.5, 0.6) is 0 Å². The Bertz CT molecular complexity index is 431. The van der Waals surface area contributed by atoms with Gasteiger partial charge in [-0.25, -0.2) is 0 Å². The average Bonchev–Trinajstić information content (AvgIpc) is 2.29. The van der Waals surface area contributed by atoms with Crippen molar-refractivity contribution in [1.82, 2.24) is 0 Å². The highest BCUT2D eigenvalue weighted by Crippen LogP contribution is 2.38. The Labute approximate surface area is 91.9 Å². The van der Waals surface area contributed by atoms with Gasteiger partial charge in [-0.1, -0.05) is 28.1 Å². The van der Waals surface area contributed by atoms with Crippen molar-refractivity contribution in [1.29, 1.82) is 0 Å². The molecule has 0 unspecified atom stereocenters. The second-order valence-corrected chi connectivity index (χ2v) is 5.74. The molecule has 0 amide bonds. The van der Waals surface area contributed by atoms with Crippen molar-refractivity contribution in [3.8, 4) is 0 Å². The first kappa shape index (κ1) is 8.73. The Hall–Kier alpha value is 0.140. The van der Waals surface area contributed by atoms with E-state index in [2.05, 4.69) is 44.8 Å². The Kier molecular flexibility index (Phi) is 2.27. The molecule has 3 heteroatoms. The molecule has 12 heavy (non-hydrogen) atoms. The van der Waals surface area contributed by atoms with Crippen LogP contribution in [0, 0.1) is 6.92 Å². The fourth-order valence-electron chi connectivity index (χ4n) is 1.17. The van der Waals surface area contributed by atoms with Crippen LogP contribution in [0.4, 0.5) is 0 Å². The standard InChI is InChI=1S/C9H5Br2S/c1-5-6-3-2-4-7(10)8(6)9(11)12-5/h2-4H,1H2. The lowest BCUT2D eigenvalue weighted by molar-refractivity contribution is 1.76. The summed E-state index contributed by atoms with van der Waals surface area (Å²) in [6.45, 7) is 3.98. The SMILES string of the molecule is [CH2]c1sc(Br)c2c(Br)cccc12. The van der Waals surface area contributed by atoms with E-state index in [-0.39, 0.29) is 0 Å². The van der Waals surface area contributed by atoms with Crippen LogP contribution >= 0.6 is 43.2 Å². The van der Waals surface area contributed by atoms with Gasteiger partial charge in [0, 0.05) is 14.7 Å². The molecule has 0 N–H and O–H groups in total. The number of rotatable bonds is 0. The van der Waals surface area contributed by atoms with Gasteiger partial charge in [0.2, 0.25) is 0 Å². The van der Waals surface area contributed by atoms with Crippen molar-refractivity contribution in [2.45, 2.75) is 0 Å². The average molecular weight is 305 g/mol. The largest absolute Gasteiger partial charge is 0.132 e. The summed E-state index contributed by atoms with van der Waals surface area (Å²) in [4.78, 5) is 1.11. The maximum Gasteiger partial charge on any atom is 0.0791 e. The lowest BCUT2D eigenvalue weighted by Crippen LogP contribution is -1.68. The highest BCUT2D eigenvalue weighted by molar-refractivity contribution is 9.11. The van der Waals surface area contributed by atoms with E-state index >= 15 is 0 Å². The fraction of sp³-hybridized carbons (Fsp3) is 0. The first-order valence-electron chi connectivity index (χ1n) is 3.38. The van der Waals surface area contributed by atoms with Gasteiger partial charge in [-0.15, -0.1) is 11.3 Å². The molecular weight excluding hydrogens is 300 g/mol. The summed E-state index contributed by atoms with van der Waals surface area (Å²) in [7, 11) is 0. The fourth-order valence-corrected chi connectivity index (χ4v) is 3.96. The highest BCUT2D eigenvalue weighted by atomic mass is 79.9. The number of hydrogen-bond donors (Lipinski definition) is 0. The predicted molar refractivity (Wildman–Crippen MR) is 61.7 cm³/mol. The van der Waals surface area contributed by atoms with E-state index in [0.717, 1.165) is 13.1 Å². The molecule has 2 rings (SSSR count). The van der Waals surface area contributed by atoms with E-state index in [9.17, 15) is 0 Å². The number of benzene rings is 1. The minimum Gasteiger partial charge on any atom is -0.132 e. The second kappa shape index (κ2) is 3.13. The number of thiophene rings is 1. The van der Waals surface area contributed by atoms with Gasteiger partial charge in [0.05, 0.1) is 3.79 Å². The molecule has 0 bridgehead atoms. The van der Waals surface area contributed by atoms with Gasteiger partial charge in [-0.05, 0) is 34.3 Å². The molecule has 2 aromatic rings. The Morgan fingerprint density at radius 1 is 1.25 bits per heavy atom. The van der Waals surface area contributed by atoms with Crippen LogP contribution in [-0.4, -0.2) is 0 Å². The lowest BCUT2D eigenvalue weighted by atomic mass is 10.2. The summed E-state index contributed by atoms with van der Waals surface area (Å²) >= 11 is 8.70. The summed E-state index contributed by atoms with van der Waals surface area (Å²) in [5.74, 6) is 0. The van der Waals surface area contributed by atoms with Gasteiger partial charge in [0.1, 0.15) is 0 Å². The Morgan fingerprint density at radius 2 is 2.00 bits per heavy atom. The van der Waals surface area contributed by atoms with Crippen molar-refractivity contribution in [2.24, 2.45) is 0 Å². The third kappa shape index (κ3) is 1.24. The van der Waals surface area contributed by atoms with Crippen LogP contribution in [0.25, 0.3) is 10.8 Å². The van der Waals surface area contributed by atoms with E-state index in [0.29, 0.717) is 0 Å². The van der Waals surface area contributed by atoms with Gasteiger partial charge in [0.15, 0.2) is 0 Å². The van der Waals surface area contributed by atoms with E-state index in [1.807, 2.05) is 12.1 Å². The molecule has 1 heterocycles. The lowest BCUT2D eigenvalue weighted by Gasteiger charge is -1.94. The van der Waals surface area contributed by atoms with E-state index in [1.165, 1.54) is 10.8 Å². The minimum atomic E-state index is 1.11. The van der Waals surface area contributed by atoms with Crippen LogP contribution in [0.3, 0.4) is 0 Å². The van der Waals surface area contributed by atoms with Gasteiger partial charge >= 0.3 is 0 Å². The monoisotopic (exact) mass is 303 g/mol. The van der Waals surface area contributed by atoms with Crippen molar-refractivity contribution >= 4 is 54.0 Å². The van der Waals surface area contributed by atoms with Crippen LogP contribution in [0.15, 0.2) is 26.5 Å². The summed E-state index contributed by atoms with van der Waals surface area (Å²) < 4.78 is 2.27. The summed E-state index contributed by atoms with van der Waals surface area (Å²) in [5.41, 5.74) is 0. The van der Waals surface area contributed by atoms with Gasteiger partial charge in [-0.2, -0.15) is 0 Å². The van der Waals surface area contributed by atoms with Gasteiger partial charge < -0.3 is 0 Å². The molecular formula is C9H5Br2S. The smallest absolute Gasteiger partial charge is 0.0791 e. The molecule has 0 aliphatic heterocycles. The van der Waals surface area contributed by atoms with Crippen molar-refractivity contribution in [3.63, 3.8) is 0 Å². The normalized spacial score (nSPS) is 10.9. The molecule has 0 nitrogen and oxygen atoms in total. The zero-order valence-corrected chi connectivity index (χ0v) is 10.1. The van der Waals surface area contributed by atoms with Crippen LogP contribution < -0.4 is 0 Å². The summed E-state index contributed by atoms with van der Waals surface area (Å²) in [6, 6.07) is 6.16. The third-order valence-corrected chi connectivity index (χ3v) is 4.12. The van der Waals surface area contributed by atoms with Gasteiger partial charge in [-0.3, -0.25) is 0 Å². The molecule has 1 aromatic carbocycles. The van der Waals surface area contributed by atoms with Crippen molar-refractivity contribution in [2.75, 3.05) is 0 Å². The molecule has 1 radical (unpaired) electrons. The molecule has 1 aromatic heterocycles. The molecule has 0 saturated carbocycles. The highest BCUT2D eigenvalue weighted by Gasteiger charge is 2.07. The van der Waals surface area contributed by atoms with Crippen LogP contribution in [0.1, 0.15) is 4.88 Å². The maximum atomic E-state index is 3.98. The molecule has 0 spiro atoms. The molecule has 0 aliphatic carbocycles. The van der Waals surface area contributed by atoms with Crippen molar-refractivity contribution < 1.29 is 0 Å². The summed E-state index contributed by atoms with van der Waals surface area (Å²) in [6.07, 6.45) is 0. The third-order valence-electron chi connectivity index (χ3n) is 1.72. The Morgan fingerprint density at radius 3 is 2.67 bits per heavy atom. The first-order valence-corrected chi connectivity index (χ1v) is 5.79. The minimum absolute atomic E-state index is 1.11. The van der Waals surface area contributed by atoms with Crippen LogP contribution in [-0.2, 0) is 0 Å². The van der Waals surface area contributed by atoms with E-state index in [1.54, 1.807) is 11.3 Å². The summed E-state index contributed by atoms with van der Waals surface area (Å²) in [5, 5.41) is 2.45. The van der Waals surface area contributed by atoms with E-state index < -0.39 is 0 Å².